The summed E-state index contributed by atoms with van der Waals surface area (Å²) < 4.78 is 19.0. The summed E-state index contributed by atoms with van der Waals surface area (Å²) in [5.41, 5.74) is 0.786. The van der Waals surface area contributed by atoms with E-state index in [1.807, 2.05) is 0 Å². The van der Waals surface area contributed by atoms with Crippen molar-refractivity contribution in [1.82, 2.24) is 4.90 Å². The van der Waals surface area contributed by atoms with E-state index >= 15 is 0 Å². The number of thiocarbonyl (C=S) groups is 1. The number of ether oxygens (including phenoxy) is 1. The monoisotopic (exact) mass is 323 g/mol. The molecule has 2 fully saturated rings. The first-order valence-corrected chi connectivity index (χ1v) is 7.98. The Balaban J connectivity index is 1.74. The van der Waals surface area contributed by atoms with Crippen LogP contribution in [-0.4, -0.2) is 34.4 Å². The normalized spacial score (nSPS) is 24.3. The predicted molar refractivity (Wildman–Crippen MR) is 85.3 cm³/mol. The molecule has 110 valence electrons. The lowest BCUT2D eigenvalue weighted by Crippen LogP contribution is -2.35. The molecular weight excluding hydrogens is 309 g/mol. The number of nitrogens with zero attached hydrogens (tertiary/aromatic N) is 1. The third kappa shape index (κ3) is 3.33. The van der Waals surface area contributed by atoms with E-state index in [-0.39, 0.29) is 17.8 Å². The Hall–Kier alpha value is -1.24. The van der Waals surface area contributed by atoms with Gasteiger partial charge in [-0.2, -0.15) is 0 Å². The highest BCUT2D eigenvalue weighted by Gasteiger charge is 2.34. The molecule has 1 aromatic rings. The molecule has 6 heteroatoms. The van der Waals surface area contributed by atoms with Gasteiger partial charge >= 0.3 is 0 Å². The number of hydrogen-bond acceptors (Lipinski definition) is 4. The largest absolute Gasteiger partial charge is 0.376 e. The lowest BCUT2D eigenvalue weighted by molar-refractivity contribution is -0.123. The van der Waals surface area contributed by atoms with Gasteiger partial charge in [-0.25, -0.2) is 4.39 Å². The molecule has 0 spiro atoms. The molecule has 0 unspecified atom stereocenters. The average molecular weight is 323 g/mol. The lowest BCUT2D eigenvalue weighted by Gasteiger charge is -2.18. The number of carbonyl (C=O) groups excluding carboxylic acids is 1. The predicted octanol–water partition coefficient (Wildman–Crippen LogP) is 3.21. The van der Waals surface area contributed by atoms with Crippen molar-refractivity contribution in [2.24, 2.45) is 0 Å². The third-order valence-electron chi connectivity index (χ3n) is 3.45. The molecule has 0 aliphatic carbocycles. The highest BCUT2D eigenvalue weighted by atomic mass is 32.2. The molecule has 2 aliphatic heterocycles. The molecule has 0 N–H and O–H groups in total. The van der Waals surface area contributed by atoms with Crippen LogP contribution in [-0.2, 0) is 9.53 Å². The Morgan fingerprint density at radius 3 is 2.86 bits per heavy atom. The second-order valence-electron chi connectivity index (χ2n) is 4.98. The van der Waals surface area contributed by atoms with E-state index in [4.69, 9.17) is 17.0 Å². The Kier molecular flexibility index (Phi) is 4.37. The SMILES string of the molecule is O=C1/C(=C/c2ccc(F)cc2)SC(=S)N1C[C@@H]1CCCO1. The van der Waals surface area contributed by atoms with Crippen LogP contribution in [0.4, 0.5) is 4.39 Å². The molecule has 21 heavy (non-hydrogen) atoms. The van der Waals surface area contributed by atoms with Crippen LogP contribution in [0.1, 0.15) is 18.4 Å². The number of benzene rings is 1. The first-order chi connectivity index (χ1) is 10.1. The van der Waals surface area contributed by atoms with Gasteiger partial charge in [-0.1, -0.05) is 36.1 Å². The lowest BCUT2D eigenvalue weighted by atomic mass is 10.2. The smallest absolute Gasteiger partial charge is 0.266 e. The van der Waals surface area contributed by atoms with Gasteiger partial charge in [0.25, 0.3) is 5.91 Å². The highest BCUT2D eigenvalue weighted by molar-refractivity contribution is 8.26. The van der Waals surface area contributed by atoms with Crippen molar-refractivity contribution in [2.45, 2.75) is 18.9 Å². The van der Waals surface area contributed by atoms with Crippen LogP contribution in [0.2, 0.25) is 0 Å². The van der Waals surface area contributed by atoms with Gasteiger partial charge < -0.3 is 4.74 Å². The number of hydrogen-bond donors (Lipinski definition) is 0. The molecule has 2 aliphatic rings. The van der Waals surface area contributed by atoms with Gasteiger partial charge in [0, 0.05) is 6.61 Å². The number of rotatable bonds is 3. The summed E-state index contributed by atoms with van der Waals surface area (Å²) in [7, 11) is 0. The number of amides is 1. The van der Waals surface area contributed by atoms with Crippen LogP contribution in [0.25, 0.3) is 6.08 Å². The molecule has 0 bridgehead atoms. The molecular formula is C15H14FNO2S2. The van der Waals surface area contributed by atoms with E-state index in [1.165, 1.54) is 23.9 Å². The fourth-order valence-corrected chi connectivity index (χ4v) is 3.63. The summed E-state index contributed by atoms with van der Waals surface area (Å²) in [6.07, 6.45) is 3.82. The van der Waals surface area contributed by atoms with Crippen molar-refractivity contribution in [3.05, 3.63) is 40.6 Å². The molecule has 1 aromatic carbocycles. The zero-order valence-electron chi connectivity index (χ0n) is 11.3. The van der Waals surface area contributed by atoms with E-state index in [2.05, 4.69) is 0 Å². The molecule has 2 heterocycles. The van der Waals surface area contributed by atoms with Crippen LogP contribution in [0.3, 0.4) is 0 Å². The topological polar surface area (TPSA) is 29.5 Å². The Morgan fingerprint density at radius 1 is 1.43 bits per heavy atom. The van der Waals surface area contributed by atoms with Gasteiger partial charge in [-0.05, 0) is 36.6 Å². The molecule has 1 atom stereocenters. The first-order valence-electron chi connectivity index (χ1n) is 6.76. The fraction of sp³-hybridized carbons (Fsp3) is 0.333. The zero-order chi connectivity index (χ0) is 14.8. The van der Waals surface area contributed by atoms with Crippen LogP contribution >= 0.6 is 24.0 Å². The van der Waals surface area contributed by atoms with Crippen LogP contribution in [0, 0.1) is 5.82 Å². The first kappa shape index (κ1) is 14.7. The van der Waals surface area contributed by atoms with Gasteiger partial charge in [0.05, 0.1) is 17.6 Å². The minimum atomic E-state index is -0.293. The molecule has 3 rings (SSSR count). The van der Waals surface area contributed by atoms with E-state index in [0.717, 1.165) is 25.0 Å². The van der Waals surface area contributed by atoms with Crippen molar-refractivity contribution in [3.63, 3.8) is 0 Å². The molecule has 0 saturated carbocycles. The molecule has 1 amide bonds. The Morgan fingerprint density at radius 2 is 2.19 bits per heavy atom. The van der Waals surface area contributed by atoms with E-state index < -0.39 is 0 Å². The van der Waals surface area contributed by atoms with E-state index in [0.29, 0.717) is 15.8 Å². The summed E-state index contributed by atoms with van der Waals surface area (Å²) in [5.74, 6) is -0.386. The maximum Gasteiger partial charge on any atom is 0.266 e. The maximum atomic E-state index is 12.9. The summed E-state index contributed by atoms with van der Waals surface area (Å²) >= 11 is 6.56. The number of thioether (sulfide) groups is 1. The van der Waals surface area contributed by atoms with Gasteiger partial charge in [0.1, 0.15) is 10.1 Å². The van der Waals surface area contributed by atoms with Crippen molar-refractivity contribution in [2.75, 3.05) is 13.2 Å². The number of carbonyl (C=O) groups is 1. The summed E-state index contributed by atoms with van der Waals surface area (Å²) in [5, 5.41) is 0. The molecule has 3 nitrogen and oxygen atoms in total. The van der Waals surface area contributed by atoms with Crippen molar-refractivity contribution in [3.8, 4) is 0 Å². The quantitative estimate of drug-likeness (QED) is 0.631. The van der Waals surface area contributed by atoms with Crippen LogP contribution in [0.5, 0.6) is 0 Å². The summed E-state index contributed by atoms with van der Waals surface area (Å²) in [4.78, 5) is 14.6. The van der Waals surface area contributed by atoms with Gasteiger partial charge in [-0.3, -0.25) is 9.69 Å². The third-order valence-corrected chi connectivity index (χ3v) is 4.83. The van der Waals surface area contributed by atoms with Crippen LogP contribution < -0.4 is 0 Å². The van der Waals surface area contributed by atoms with Crippen LogP contribution in [0.15, 0.2) is 29.2 Å². The van der Waals surface area contributed by atoms with Gasteiger partial charge in [0.2, 0.25) is 0 Å². The highest BCUT2D eigenvalue weighted by Crippen LogP contribution is 2.33. The molecule has 0 aromatic heterocycles. The van der Waals surface area contributed by atoms with Crippen molar-refractivity contribution < 1.29 is 13.9 Å². The second-order valence-corrected chi connectivity index (χ2v) is 6.65. The minimum absolute atomic E-state index is 0.0812. The van der Waals surface area contributed by atoms with Crippen molar-refractivity contribution in [1.29, 1.82) is 0 Å². The van der Waals surface area contributed by atoms with Gasteiger partial charge in [-0.15, -0.1) is 0 Å². The average Bonchev–Trinajstić information content (AvgIpc) is 3.06. The minimum Gasteiger partial charge on any atom is -0.376 e. The standard InChI is InChI=1S/C15H14FNO2S2/c16-11-5-3-10(4-6-11)8-13-14(18)17(15(20)21-13)9-12-2-1-7-19-12/h3-6,8,12H,1-2,7,9H2/b13-8-/t12-/m0/s1. The summed E-state index contributed by atoms with van der Waals surface area (Å²) in [6.45, 7) is 1.27. The van der Waals surface area contributed by atoms with E-state index in [9.17, 15) is 9.18 Å². The second kappa shape index (κ2) is 6.25. The maximum absolute atomic E-state index is 12.9. The zero-order valence-corrected chi connectivity index (χ0v) is 12.9. The fourth-order valence-electron chi connectivity index (χ4n) is 2.36. The van der Waals surface area contributed by atoms with E-state index in [1.54, 1.807) is 23.1 Å². The summed E-state index contributed by atoms with van der Waals surface area (Å²) in [6, 6.07) is 6.03. The molecule has 0 radical (unpaired) electrons. The van der Waals surface area contributed by atoms with Gasteiger partial charge in [0.15, 0.2) is 0 Å². The Bertz CT molecular complexity index is 594. The Labute approximate surface area is 132 Å². The van der Waals surface area contributed by atoms with Crippen molar-refractivity contribution >= 4 is 40.3 Å². The molecule has 2 saturated heterocycles. The number of halogens is 1.